The Hall–Kier alpha value is -0.560. The molecule has 0 amide bonds. The monoisotopic (exact) mass is 151 g/mol. The predicted molar refractivity (Wildman–Crippen MR) is 40.8 cm³/mol. The molecule has 1 heterocycles. The van der Waals surface area contributed by atoms with Crippen LogP contribution >= 0.6 is 11.6 Å². The normalized spacial score (nSPS) is 10.0. The molecule has 2 heteroatoms. The molecule has 50 valence electrons. The van der Waals surface area contributed by atoms with Gasteiger partial charge in [0, 0.05) is 12.6 Å². The van der Waals surface area contributed by atoms with Gasteiger partial charge >= 0.3 is 0 Å². The molecule has 0 atom stereocenters. The predicted octanol–water partition coefficient (Wildman–Crippen LogP) is 2.16. The molecule has 0 spiro atoms. The highest BCUT2D eigenvalue weighted by atomic mass is 35.5. The maximum Gasteiger partial charge on any atom is 0.129 e. The summed E-state index contributed by atoms with van der Waals surface area (Å²) in [5.74, 6) is 0. The zero-order valence-electron chi connectivity index (χ0n) is 5.56. The Labute approximate surface area is 66.0 Å². The first-order chi connectivity index (χ1) is 4.61. The smallest absolute Gasteiger partial charge is 0.129 e. The van der Waals surface area contributed by atoms with Gasteiger partial charge in [-0.3, -0.25) is 0 Å². The SMILES string of the molecule is [CH]c1cc(Cl)nc(C)c1[CH]. The maximum atomic E-state index is 5.58. The van der Waals surface area contributed by atoms with Crippen molar-refractivity contribution in [1.29, 1.82) is 0 Å². The van der Waals surface area contributed by atoms with Gasteiger partial charge < -0.3 is 0 Å². The summed E-state index contributed by atoms with van der Waals surface area (Å²) in [6.07, 6.45) is 0. The number of pyridine rings is 1. The number of nitrogens with zero attached hydrogens (tertiary/aromatic N) is 1. The summed E-state index contributed by atoms with van der Waals surface area (Å²) in [7, 11) is 0. The van der Waals surface area contributed by atoms with Crippen LogP contribution < -0.4 is 0 Å². The average Bonchev–Trinajstić information content (AvgIpc) is 1.82. The Balaban J connectivity index is 3.31. The van der Waals surface area contributed by atoms with E-state index in [4.69, 9.17) is 25.4 Å². The fraction of sp³-hybridized carbons (Fsp3) is 0.125. The van der Waals surface area contributed by atoms with Crippen LogP contribution in [0.5, 0.6) is 0 Å². The van der Waals surface area contributed by atoms with E-state index in [9.17, 15) is 0 Å². The highest BCUT2D eigenvalue weighted by Crippen LogP contribution is 2.14. The zero-order chi connectivity index (χ0) is 7.72. The van der Waals surface area contributed by atoms with Crippen LogP contribution in [0.4, 0.5) is 0 Å². The van der Waals surface area contributed by atoms with E-state index in [1.54, 1.807) is 6.92 Å². The van der Waals surface area contributed by atoms with E-state index in [2.05, 4.69) is 4.98 Å². The second kappa shape index (κ2) is 2.59. The molecule has 1 aromatic heterocycles. The van der Waals surface area contributed by atoms with Crippen molar-refractivity contribution in [3.05, 3.63) is 41.9 Å². The van der Waals surface area contributed by atoms with Crippen molar-refractivity contribution in [2.75, 3.05) is 0 Å². The van der Waals surface area contributed by atoms with Gasteiger partial charge in [0.15, 0.2) is 0 Å². The summed E-state index contributed by atoms with van der Waals surface area (Å²) in [5.41, 5.74) is 1.66. The molecule has 0 aliphatic heterocycles. The lowest BCUT2D eigenvalue weighted by Gasteiger charge is -2.01. The molecule has 4 radical (unpaired) electrons. The number of rotatable bonds is 0. The summed E-state index contributed by atoms with van der Waals surface area (Å²) in [5, 5.41) is 0.379. The highest BCUT2D eigenvalue weighted by molar-refractivity contribution is 6.29. The molecule has 0 saturated carbocycles. The van der Waals surface area contributed by atoms with Crippen LogP contribution in [-0.2, 0) is 0 Å². The first kappa shape index (κ1) is 7.55. The van der Waals surface area contributed by atoms with Gasteiger partial charge in [0.25, 0.3) is 0 Å². The van der Waals surface area contributed by atoms with Gasteiger partial charge in [-0.15, -0.1) is 0 Å². The summed E-state index contributed by atoms with van der Waals surface area (Å²) in [6, 6.07) is 1.53. The molecule has 0 fully saturated rings. The van der Waals surface area contributed by atoms with Crippen molar-refractivity contribution in [3.63, 3.8) is 0 Å². The Morgan fingerprint density at radius 2 is 2.10 bits per heavy atom. The van der Waals surface area contributed by atoms with Crippen molar-refractivity contribution in [1.82, 2.24) is 4.98 Å². The molecular weight excluding hydrogens is 146 g/mol. The van der Waals surface area contributed by atoms with Crippen molar-refractivity contribution >= 4 is 11.6 Å². The second-order valence-electron chi connectivity index (χ2n) is 2.03. The first-order valence-electron chi connectivity index (χ1n) is 2.79. The van der Waals surface area contributed by atoms with Crippen molar-refractivity contribution in [3.8, 4) is 0 Å². The van der Waals surface area contributed by atoms with Crippen LogP contribution in [0.3, 0.4) is 0 Å². The standard InChI is InChI=1S/C8H6ClN/c1-5-4-8(9)10-7(3)6(5)2/h1-2,4H,3H3. The van der Waals surface area contributed by atoms with Crippen LogP contribution in [-0.4, -0.2) is 4.98 Å². The second-order valence-corrected chi connectivity index (χ2v) is 2.42. The average molecular weight is 152 g/mol. The van der Waals surface area contributed by atoms with Crippen molar-refractivity contribution in [2.24, 2.45) is 0 Å². The summed E-state index contributed by atoms with van der Waals surface area (Å²) in [6.45, 7) is 12.7. The summed E-state index contributed by atoms with van der Waals surface area (Å²) < 4.78 is 0. The third kappa shape index (κ3) is 1.29. The lowest BCUT2D eigenvalue weighted by Crippen LogP contribution is -1.90. The van der Waals surface area contributed by atoms with Crippen molar-refractivity contribution in [2.45, 2.75) is 6.92 Å². The van der Waals surface area contributed by atoms with E-state index >= 15 is 0 Å². The Kier molecular flexibility index (Phi) is 1.95. The zero-order valence-corrected chi connectivity index (χ0v) is 6.31. The Bertz CT molecular complexity index is 232. The minimum Gasteiger partial charge on any atom is -0.241 e. The van der Waals surface area contributed by atoms with E-state index in [1.165, 1.54) is 6.07 Å². The summed E-state index contributed by atoms with van der Waals surface area (Å²) in [4.78, 5) is 3.89. The maximum absolute atomic E-state index is 5.58. The molecule has 0 aliphatic rings. The van der Waals surface area contributed by atoms with Gasteiger partial charge in [-0.05, 0) is 31.0 Å². The molecule has 0 bridgehead atoms. The minimum absolute atomic E-state index is 0.379. The van der Waals surface area contributed by atoms with Gasteiger partial charge in [0.1, 0.15) is 5.15 Å². The third-order valence-electron chi connectivity index (χ3n) is 1.25. The molecule has 0 aliphatic carbocycles. The van der Waals surface area contributed by atoms with Gasteiger partial charge in [0.05, 0.1) is 0 Å². The van der Waals surface area contributed by atoms with Gasteiger partial charge in [0.2, 0.25) is 0 Å². The topological polar surface area (TPSA) is 12.9 Å². The molecule has 10 heavy (non-hydrogen) atoms. The highest BCUT2D eigenvalue weighted by Gasteiger charge is 1.99. The van der Waals surface area contributed by atoms with Crippen LogP contribution in [0.15, 0.2) is 6.07 Å². The lowest BCUT2D eigenvalue weighted by molar-refractivity contribution is 1.17. The van der Waals surface area contributed by atoms with Gasteiger partial charge in [-0.1, -0.05) is 11.6 Å². The molecule has 1 nitrogen and oxygen atoms in total. The number of hydrogen-bond acceptors (Lipinski definition) is 1. The summed E-state index contributed by atoms with van der Waals surface area (Å²) >= 11 is 5.58. The van der Waals surface area contributed by atoms with E-state index in [-0.39, 0.29) is 0 Å². The number of aryl methyl sites for hydroxylation is 1. The van der Waals surface area contributed by atoms with E-state index in [0.717, 1.165) is 0 Å². The number of halogens is 1. The third-order valence-corrected chi connectivity index (χ3v) is 1.44. The lowest BCUT2D eigenvalue weighted by atomic mass is 10.1. The Morgan fingerprint density at radius 3 is 2.60 bits per heavy atom. The Morgan fingerprint density at radius 1 is 1.50 bits per heavy atom. The van der Waals surface area contributed by atoms with Gasteiger partial charge in [-0.2, -0.15) is 0 Å². The molecule has 0 saturated heterocycles. The minimum atomic E-state index is 0.379. The molecule has 0 unspecified atom stereocenters. The van der Waals surface area contributed by atoms with Crippen LogP contribution in [0.1, 0.15) is 16.8 Å². The molecule has 0 aromatic carbocycles. The quantitative estimate of drug-likeness (QED) is 0.518. The molecule has 0 N–H and O–H groups in total. The molecular formula is C8H6ClN. The van der Waals surface area contributed by atoms with E-state index < -0.39 is 0 Å². The largest absolute Gasteiger partial charge is 0.241 e. The van der Waals surface area contributed by atoms with Crippen LogP contribution in [0.25, 0.3) is 0 Å². The van der Waals surface area contributed by atoms with Crippen LogP contribution in [0.2, 0.25) is 5.15 Å². The fourth-order valence-corrected chi connectivity index (χ4v) is 0.912. The van der Waals surface area contributed by atoms with Gasteiger partial charge in [-0.25, -0.2) is 4.98 Å². The van der Waals surface area contributed by atoms with E-state index in [0.29, 0.717) is 22.0 Å². The molecule has 1 aromatic rings. The number of hydrogen-bond donors (Lipinski definition) is 0. The fourth-order valence-electron chi connectivity index (χ4n) is 0.668. The van der Waals surface area contributed by atoms with Crippen LogP contribution in [0, 0.1) is 20.8 Å². The van der Waals surface area contributed by atoms with Crippen molar-refractivity contribution < 1.29 is 0 Å². The van der Waals surface area contributed by atoms with E-state index in [1.807, 2.05) is 0 Å². The number of aromatic nitrogens is 1. The molecule has 1 rings (SSSR count). The first-order valence-corrected chi connectivity index (χ1v) is 3.17.